The van der Waals surface area contributed by atoms with Gasteiger partial charge in [-0.15, -0.1) is 0 Å². The van der Waals surface area contributed by atoms with Gasteiger partial charge in [-0.3, -0.25) is 9.69 Å². The van der Waals surface area contributed by atoms with Crippen molar-refractivity contribution in [2.45, 2.75) is 38.3 Å². The summed E-state index contributed by atoms with van der Waals surface area (Å²) >= 11 is 0. The van der Waals surface area contributed by atoms with Crippen LogP contribution in [-0.2, 0) is 16.1 Å². The van der Waals surface area contributed by atoms with E-state index in [1.807, 2.05) is 6.07 Å². The predicted molar refractivity (Wildman–Crippen MR) is 75.8 cm³/mol. The van der Waals surface area contributed by atoms with Crippen molar-refractivity contribution in [3.63, 3.8) is 0 Å². The molecule has 1 atom stereocenters. The SMILES string of the molecule is COC(=O)CC1CCCCN1Cc1ccc(F)c(C#N)c1. The van der Waals surface area contributed by atoms with Crippen LogP contribution in [0.2, 0.25) is 0 Å². The maximum Gasteiger partial charge on any atom is 0.307 e. The number of nitriles is 1. The zero-order chi connectivity index (χ0) is 15.2. The molecule has 1 aliphatic rings. The number of methoxy groups -OCH3 is 1. The number of hydrogen-bond acceptors (Lipinski definition) is 4. The van der Waals surface area contributed by atoms with Crippen molar-refractivity contribution in [3.8, 4) is 6.07 Å². The molecule has 1 aromatic carbocycles. The Morgan fingerprint density at radius 1 is 1.52 bits per heavy atom. The fourth-order valence-corrected chi connectivity index (χ4v) is 2.77. The highest BCUT2D eigenvalue weighted by Gasteiger charge is 2.25. The van der Waals surface area contributed by atoms with Crippen LogP contribution in [0.5, 0.6) is 0 Å². The van der Waals surface area contributed by atoms with E-state index in [1.165, 1.54) is 13.2 Å². The lowest BCUT2D eigenvalue weighted by Gasteiger charge is -2.35. The summed E-state index contributed by atoms with van der Waals surface area (Å²) < 4.78 is 18.1. The summed E-state index contributed by atoms with van der Waals surface area (Å²) in [6, 6.07) is 6.62. The standard InChI is InChI=1S/C16H19FN2O2/c1-21-16(20)9-14-4-2-3-7-19(14)11-12-5-6-15(17)13(8-12)10-18/h5-6,8,14H,2-4,7,9,11H2,1H3. The Bertz CT molecular complexity index is 554. The summed E-state index contributed by atoms with van der Waals surface area (Å²) in [7, 11) is 1.40. The Kier molecular flexibility index (Phi) is 5.29. The summed E-state index contributed by atoms with van der Waals surface area (Å²) in [5, 5.41) is 8.89. The van der Waals surface area contributed by atoms with E-state index in [4.69, 9.17) is 10.00 Å². The highest BCUT2D eigenvalue weighted by atomic mass is 19.1. The number of benzene rings is 1. The van der Waals surface area contributed by atoms with Gasteiger partial charge in [0.25, 0.3) is 0 Å². The average molecular weight is 290 g/mol. The maximum atomic E-state index is 13.3. The molecule has 1 aromatic rings. The zero-order valence-electron chi connectivity index (χ0n) is 12.1. The number of nitrogens with zero attached hydrogens (tertiary/aromatic N) is 2. The minimum atomic E-state index is -0.494. The van der Waals surface area contributed by atoms with E-state index in [2.05, 4.69) is 4.90 Å². The Morgan fingerprint density at radius 3 is 3.05 bits per heavy atom. The maximum absolute atomic E-state index is 13.3. The van der Waals surface area contributed by atoms with Crippen LogP contribution in [0.3, 0.4) is 0 Å². The number of piperidine rings is 1. The van der Waals surface area contributed by atoms with Gasteiger partial charge in [0.2, 0.25) is 0 Å². The van der Waals surface area contributed by atoms with Crippen molar-refractivity contribution in [2.24, 2.45) is 0 Å². The first kappa shape index (κ1) is 15.5. The van der Waals surface area contributed by atoms with Gasteiger partial charge in [-0.2, -0.15) is 5.26 Å². The number of carbonyl (C=O) groups is 1. The molecule has 2 rings (SSSR count). The molecule has 1 unspecified atom stereocenters. The van der Waals surface area contributed by atoms with Crippen LogP contribution < -0.4 is 0 Å². The molecular weight excluding hydrogens is 271 g/mol. The molecule has 0 aromatic heterocycles. The van der Waals surface area contributed by atoms with Gasteiger partial charge in [0.15, 0.2) is 0 Å². The Balaban J connectivity index is 2.08. The summed E-state index contributed by atoms with van der Waals surface area (Å²) in [5.74, 6) is -0.699. The fraction of sp³-hybridized carbons (Fsp3) is 0.500. The van der Waals surface area contributed by atoms with Crippen LogP contribution in [0, 0.1) is 17.1 Å². The molecule has 0 bridgehead atoms. The number of rotatable bonds is 4. The second-order valence-corrected chi connectivity index (χ2v) is 5.33. The minimum absolute atomic E-state index is 0.0639. The second kappa shape index (κ2) is 7.19. The Morgan fingerprint density at radius 2 is 2.33 bits per heavy atom. The van der Waals surface area contributed by atoms with E-state index >= 15 is 0 Å². The lowest BCUT2D eigenvalue weighted by molar-refractivity contribution is -0.142. The van der Waals surface area contributed by atoms with Gasteiger partial charge < -0.3 is 4.74 Å². The van der Waals surface area contributed by atoms with E-state index in [9.17, 15) is 9.18 Å². The van der Waals surface area contributed by atoms with E-state index in [0.717, 1.165) is 31.4 Å². The highest BCUT2D eigenvalue weighted by Crippen LogP contribution is 2.23. The molecule has 4 nitrogen and oxygen atoms in total. The number of esters is 1. The van der Waals surface area contributed by atoms with Crippen LogP contribution in [0.15, 0.2) is 18.2 Å². The number of halogens is 1. The topological polar surface area (TPSA) is 53.3 Å². The van der Waals surface area contributed by atoms with Crippen molar-refractivity contribution in [1.29, 1.82) is 5.26 Å². The van der Waals surface area contributed by atoms with E-state index < -0.39 is 5.82 Å². The monoisotopic (exact) mass is 290 g/mol. The Labute approximate surface area is 124 Å². The fourth-order valence-electron chi connectivity index (χ4n) is 2.77. The van der Waals surface area contributed by atoms with Crippen molar-refractivity contribution in [1.82, 2.24) is 4.90 Å². The molecule has 21 heavy (non-hydrogen) atoms. The van der Waals surface area contributed by atoms with E-state index in [-0.39, 0.29) is 17.6 Å². The first-order valence-electron chi connectivity index (χ1n) is 7.13. The normalized spacial score (nSPS) is 19.0. The third kappa shape index (κ3) is 4.02. The molecule has 0 N–H and O–H groups in total. The van der Waals surface area contributed by atoms with Gasteiger partial charge in [0.05, 0.1) is 19.1 Å². The van der Waals surface area contributed by atoms with Crippen LogP contribution >= 0.6 is 0 Å². The van der Waals surface area contributed by atoms with Crippen molar-refractivity contribution >= 4 is 5.97 Å². The molecule has 0 spiro atoms. The molecule has 0 amide bonds. The molecule has 0 aliphatic carbocycles. The molecule has 1 saturated heterocycles. The third-order valence-electron chi connectivity index (χ3n) is 3.92. The van der Waals surface area contributed by atoms with Gasteiger partial charge in [0.1, 0.15) is 11.9 Å². The van der Waals surface area contributed by atoms with E-state index in [1.54, 1.807) is 12.1 Å². The highest BCUT2D eigenvalue weighted by molar-refractivity contribution is 5.69. The molecule has 112 valence electrons. The zero-order valence-corrected chi connectivity index (χ0v) is 12.1. The molecule has 0 saturated carbocycles. The summed E-state index contributed by atoms with van der Waals surface area (Å²) in [5.41, 5.74) is 0.957. The largest absolute Gasteiger partial charge is 0.469 e. The van der Waals surface area contributed by atoms with Crippen molar-refractivity contribution < 1.29 is 13.9 Å². The minimum Gasteiger partial charge on any atom is -0.469 e. The van der Waals surface area contributed by atoms with Gasteiger partial charge >= 0.3 is 5.97 Å². The summed E-state index contributed by atoms with van der Waals surface area (Å²) in [6.07, 6.45) is 3.53. The lowest BCUT2D eigenvalue weighted by atomic mass is 9.98. The molecule has 1 aliphatic heterocycles. The molecule has 1 fully saturated rings. The van der Waals surface area contributed by atoms with E-state index in [0.29, 0.717) is 13.0 Å². The number of carbonyl (C=O) groups excluding carboxylic acids is 1. The van der Waals surface area contributed by atoms with Gasteiger partial charge in [-0.05, 0) is 37.1 Å². The third-order valence-corrected chi connectivity index (χ3v) is 3.92. The van der Waals surface area contributed by atoms with Gasteiger partial charge in [-0.1, -0.05) is 12.5 Å². The van der Waals surface area contributed by atoms with Crippen molar-refractivity contribution in [3.05, 3.63) is 35.1 Å². The van der Waals surface area contributed by atoms with Crippen molar-refractivity contribution in [2.75, 3.05) is 13.7 Å². The quantitative estimate of drug-likeness (QED) is 0.800. The molecular formula is C16H19FN2O2. The average Bonchev–Trinajstić information content (AvgIpc) is 2.51. The Hall–Kier alpha value is -1.93. The summed E-state index contributed by atoms with van der Waals surface area (Å²) in [6.45, 7) is 1.53. The molecule has 5 heteroatoms. The van der Waals surface area contributed by atoms with Crippen LogP contribution in [0.25, 0.3) is 0 Å². The van der Waals surface area contributed by atoms with Gasteiger partial charge in [-0.25, -0.2) is 4.39 Å². The van der Waals surface area contributed by atoms with Crippen LogP contribution in [-0.4, -0.2) is 30.6 Å². The first-order chi connectivity index (χ1) is 10.1. The van der Waals surface area contributed by atoms with Gasteiger partial charge in [0, 0.05) is 12.6 Å². The second-order valence-electron chi connectivity index (χ2n) is 5.33. The summed E-state index contributed by atoms with van der Waals surface area (Å²) in [4.78, 5) is 13.7. The lowest BCUT2D eigenvalue weighted by Crippen LogP contribution is -2.40. The number of hydrogen-bond donors (Lipinski definition) is 0. The first-order valence-corrected chi connectivity index (χ1v) is 7.13. The number of likely N-dealkylation sites (tertiary alicyclic amines) is 1. The predicted octanol–water partition coefficient (Wildman–Crippen LogP) is 2.61. The number of ether oxygens (including phenoxy) is 1. The smallest absolute Gasteiger partial charge is 0.307 e. The van der Waals surface area contributed by atoms with Crippen LogP contribution in [0.4, 0.5) is 4.39 Å². The molecule has 1 heterocycles. The van der Waals surface area contributed by atoms with Crippen LogP contribution in [0.1, 0.15) is 36.8 Å². The molecule has 0 radical (unpaired) electrons.